The van der Waals surface area contributed by atoms with Gasteiger partial charge < -0.3 is 15.8 Å². The number of rotatable bonds is 6. The fourth-order valence-electron chi connectivity index (χ4n) is 1.91. The fraction of sp³-hybridized carbons (Fsp3) is 0.429. The van der Waals surface area contributed by atoms with Gasteiger partial charge in [-0.05, 0) is 18.2 Å². The first-order chi connectivity index (χ1) is 9.53. The molecule has 1 rings (SSSR count). The number of amides is 1. The number of carbonyl (C=O) groups excluding carboxylic acids is 2. The van der Waals surface area contributed by atoms with Gasteiger partial charge in [0, 0.05) is 19.3 Å². The van der Waals surface area contributed by atoms with Crippen molar-refractivity contribution in [1.82, 2.24) is 10.2 Å². The molecule has 0 aliphatic carbocycles. The highest BCUT2D eigenvalue weighted by molar-refractivity contribution is 5.96. The third-order valence-electron chi connectivity index (χ3n) is 3.06. The van der Waals surface area contributed by atoms with Crippen molar-refractivity contribution in [2.24, 2.45) is 0 Å². The van der Waals surface area contributed by atoms with Gasteiger partial charge in [-0.25, -0.2) is 4.79 Å². The molecule has 0 bridgehead atoms. The summed E-state index contributed by atoms with van der Waals surface area (Å²) >= 11 is 0. The van der Waals surface area contributed by atoms with Crippen molar-refractivity contribution in [1.29, 1.82) is 0 Å². The molecule has 6 heteroatoms. The summed E-state index contributed by atoms with van der Waals surface area (Å²) in [5.41, 5.74) is 7.34. The number of ether oxygens (including phenoxy) is 1. The Morgan fingerprint density at radius 1 is 1.40 bits per heavy atom. The van der Waals surface area contributed by atoms with Crippen LogP contribution in [0.4, 0.5) is 5.69 Å². The number of hydrogen-bond donors (Lipinski definition) is 2. The van der Waals surface area contributed by atoms with Gasteiger partial charge >= 0.3 is 5.97 Å². The number of benzene rings is 1. The third-order valence-corrected chi connectivity index (χ3v) is 3.06. The molecule has 1 aromatic rings. The highest BCUT2D eigenvalue weighted by Crippen LogP contribution is 2.19. The number of nitrogen functional groups attached to an aromatic ring is 1. The molecule has 1 aromatic carbocycles. The average molecular weight is 279 g/mol. The normalized spacial score (nSPS) is 10.4. The number of methoxy groups -OCH3 is 1. The van der Waals surface area contributed by atoms with Crippen LogP contribution in [-0.2, 0) is 16.1 Å². The summed E-state index contributed by atoms with van der Waals surface area (Å²) in [7, 11) is 2.91. The van der Waals surface area contributed by atoms with E-state index >= 15 is 0 Å². The number of nitrogens with one attached hydrogen (secondary N) is 1. The maximum atomic E-state index is 11.8. The summed E-state index contributed by atoms with van der Waals surface area (Å²) in [6.07, 6.45) is 0. The zero-order valence-electron chi connectivity index (χ0n) is 12.1. The number of esters is 1. The minimum absolute atomic E-state index is 0.0737. The quantitative estimate of drug-likeness (QED) is 0.589. The van der Waals surface area contributed by atoms with E-state index in [1.165, 1.54) is 7.11 Å². The number of nitrogens with two attached hydrogens (primary N) is 1. The fourth-order valence-corrected chi connectivity index (χ4v) is 1.91. The van der Waals surface area contributed by atoms with Crippen molar-refractivity contribution >= 4 is 17.6 Å². The molecule has 0 aliphatic rings. The smallest absolute Gasteiger partial charge is 0.340 e. The Morgan fingerprint density at radius 3 is 2.65 bits per heavy atom. The highest BCUT2D eigenvalue weighted by atomic mass is 16.5. The van der Waals surface area contributed by atoms with E-state index < -0.39 is 5.97 Å². The standard InChI is InChI=1S/C14H21N3O3/c1-4-17(9-12(18)16-2)8-10-6-5-7-11(15)13(10)14(19)20-3/h5-7H,4,8-9,15H2,1-3H3,(H,16,18). The van der Waals surface area contributed by atoms with Gasteiger partial charge in [0.25, 0.3) is 0 Å². The lowest BCUT2D eigenvalue weighted by molar-refractivity contribution is -0.121. The molecular weight excluding hydrogens is 258 g/mol. The van der Waals surface area contributed by atoms with E-state index in [-0.39, 0.29) is 12.5 Å². The van der Waals surface area contributed by atoms with E-state index in [1.54, 1.807) is 19.2 Å². The maximum absolute atomic E-state index is 11.8. The van der Waals surface area contributed by atoms with E-state index in [0.717, 1.165) is 5.56 Å². The summed E-state index contributed by atoms with van der Waals surface area (Å²) in [5, 5.41) is 2.58. The van der Waals surface area contributed by atoms with Gasteiger partial charge in [0.05, 0.1) is 19.2 Å². The summed E-state index contributed by atoms with van der Waals surface area (Å²) in [6, 6.07) is 5.25. The van der Waals surface area contributed by atoms with Crippen molar-refractivity contribution in [3.8, 4) is 0 Å². The van der Waals surface area contributed by atoms with Crippen LogP contribution in [-0.4, -0.2) is 44.0 Å². The Morgan fingerprint density at radius 2 is 2.10 bits per heavy atom. The van der Waals surface area contributed by atoms with Crippen LogP contribution in [0.25, 0.3) is 0 Å². The van der Waals surface area contributed by atoms with Gasteiger partial charge in [-0.15, -0.1) is 0 Å². The van der Waals surface area contributed by atoms with Crippen LogP contribution < -0.4 is 11.1 Å². The first-order valence-corrected chi connectivity index (χ1v) is 6.42. The molecular formula is C14H21N3O3. The van der Waals surface area contributed by atoms with Gasteiger partial charge in [0.2, 0.25) is 5.91 Å². The molecule has 3 N–H and O–H groups in total. The number of carbonyl (C=O) groups is 2. The maximum Gasteiger partial charge on any atom is 0.340 e. The Hall–Kier alpha value is -2.08. The zero-order chi connectivity index (χ0) is 15.1. The summed E-state index contributed by atoms with van der Waals surface area (Å²) in [6.45, 7) is 3.36. The molecule has 0 radical (unpaired) electrons. The minimum atomic E-state index is -0.464. The second kappa shape index (κ2) is 7.49. The van der Waals surface area contributed by atoms with Gasteiger partial charge in [0.1, 0.15) is 0 Å². The number of anilines is 1. The Labute approximate surface area is 118 Å². The monoisotopic (exact) mass is 279 g/mol. The Balaban J connectivity index is 2.98. The molecule has 20 heavy (non-hydrogen) atoms. The molecule has 0 fully saturated rings. The van der Waals surface area contributed by atoms with Crippen LogP contribution in [0.5, 0.6) is 0 Å². The van der Waals surface area contributed by atoms with Gasteiger partial charge in [0.15, 0.2) is 0 Å². The molecule has 0 spiro atoms. The van der Waals surface area contributed by atoms with E-state index in [0.29, 0.717) is 24.3 Å². The van der Waals surface area contributed by atoms with E-state index in [9.17, 15) is 9.59 Å². The van der Waals surface area contributed by atoms with Crippen molar-refractivity contribution < 1.29 is 14.3 Å². The second-order valence-corrected chi connectivity index (χ2v) is 4.35. The Bertz CT molecular complexity index is 489. The van der Waals surface area contributed by atoms with Crippen molar-refractivity contribution in [2.45, 2.75) is 13.5 Å². The molecule has 110 valence electrons. The average Bonchev–Trinajstić information content (AvgIpc) is 2.45. The lowest BCUT2D eigenvalue weighted by atomic mass is 10.0. The van der Waals surface area contributed by atoms with Crippen molar-refractivity contribution in [3.05, 3.63) is 29.3 Å². The molecule has 0 unspecified atom stereocenters. The zero-order valence-corrected chi connectivity index (χ0v) is 12.1. The van der Waals surface area contributed by atoms with Gasteiger partial charge in [-0.1, -0.05) is 19.1 Å². The molecule has 0 aromatic heterocycles. The minimum Gasteiger partial charge on any atom is -0.465 e. The molecule has 1 amide bonds. The molecule has 0 aliphatic heterocycles. The van der Waals surface area contributed by atoms with Crippen LogP contribution in [0, 0.1) is 0 Å². The van der Waals surface area contributed by atoms with E-state index in [2.05, 4.69) is 5.32 Å². The molecule has 0 saturated carbocycles. The van der Waals surface area contributed by atoms with Gasteiger partial charge in [-0.3, -0.25) is 9.69 Å². The summed E-state index contributed by atoms with van der Waals surface area (Å²) in [5.74, 6) is -0.538. The topological polar surface area (TPSA) is 84.7 Å². The van der Waals surface area contributed by atoms with Crippen LogP contribution in [0.3, 0.4) is 0 Å². The lowest BCUT2D eigenvalue weighted by Gasteiger charge is -2.21. The second-order valence-electron chi connectivity index (χ2n) is 4.35. The third kappa shape index (κ3) is 3.96. The summed E-state index contributed by atoms with van der Waals surface area (Å²) < 4.78 is 4.76. The molecule has 0 atom stereocenters. The van der Waals surface area contributed by atoms with Crippen LogP contribution in [0.2, 0.25) is 0 Å². The highest BCUT2D eigenvalue weighted by Gasteiger charge is 2.18. The first kappa shape index (κ1) is 16.0. The molecule has 0 saturated heterocycles. The predicted molar refractivity (Wildman–Crippen MR) is 77.2 cm³/mol. The van der Waals surface area contributed by atoms with E-state index in [1.807, 2.05) is 17.9 Å². The Kier molecular flexibility index (Phi) is 5.99. The number of nitrogens with zero attached hydrogens (tertiary/aromatic N) is 1. The van der Waals surface area contributed by atoms with Crippen molar-refractivity contribution in [2.75, 3.05) is 33.0 Å². The lowest BCUT2D eigenvalue weighted by Crippen LogP contribution is -2.35. The van der Waals surface area contributed by atoms with Crippen molar-refractivity contribution in [3.63, 3.8) is 0 Å². The largest absolute Gasteiger partial charge is 0.465 e. The molecule has 6 nitrogen and oxygen atoms in total. The van der Waals surface area contributed by atoms with E-state index in [4.69, 9.17) is 10.5 Å². The van der Waals surface area contributed by atoms with Crippen LogP contribution >= 0.6 is 0 Å². The van der Waals surface area contributed by atoms with Crippen LogP contribution in [0.1, 0.15) is 22.8 Å². The SMILES string of the molecule is CCN(CC(=O)NC)Cc1cccc(N)c1C(=O)OC. The predicted octanol–water partition coefficient (Wildman–Crippen LogP) is 0.623. The van der Waals surface area contributed by atoms with Crippen LogP contribution in [0.15, 0.2) is 18.2 Å². The number of likely N-dealkylation sites (N-methyl/N-ethyl adjacent to an activating group) is 2. The number of hydrogen-bond acceptors (Lipinski definition) is 5. The molecule has 0 heterocycles. The summed E-state index contributed by atoms with van der Waals surface area (Å²) in [4.78, 5) is 25.2. The first-order valence-electron chi connectivity index (χ1n) is 6.42. The van der Waals surface area contributed by atoms with Gasteiger partial charge in [-0.2, -0.15) is 0 Å².